The number of urea groups is 1. The van der Waals surface area contributed by atoms with Crippen molar-refractivity contribution in [3.05, 3.63) is 33.7 Å². The van der Waals surface area contributed by atoms with Crippen LogP contribution < -0.4 is 10.6 Å². The SMILES string of the molecule is O=C(NCc1ccc(Cl)s1)Nc1cn[nH]c1. The molecule has 5 nitrogen and oxygen atoms in total. The van der Waals surface area contributed by atoms with Crippen molar-refractivity contribution < 1.29 is 4.79 Å². The van der Waals surface area contributed by atoms with Crippen LogP contribution in [0.1, 0.15) is 4.88 Å². The molecule has 0 aliphatic carbocycles. The zero-order valence-corrected chi connectivity index (χ0v) is 9.73. The Kier molecular flexibility index (Phi) is 3.43. The lowest BCUT2D eigenvalue weighted by Crippen LogP contribution is -2.27. The van der Waals surface area contributed by atoms with Crippen LogP contribution in [0.4, 0.5) is 10.5 Å². The van der Waals surface area contributed by atoms with Gasteiger partial charge in [0.25, 0.3) is 0 Å². The molecule has 0 fully saturated rings. The molecule has 2 rings (SSSR count). The van der Waals surface area contributed by atoms with E-state index in [9.17, 15) is 4.79 Å². The Hall–Kier alpha value is -1.53. The molecule has 0 bridgehead atoms. The predicted octanol–water partition coefficient (Wildman–Crippen LogP) is 2.45. The molecule has 0 aromatic carbocycles. The Morgan fingerprint density at radius 2 is 2.44 bits per heavy atom. The van der Waals surface area contributed by atoms with Gasteiger partial charge in [0.2, 0.25) is 0 Å². The molecule has 0 radical (unpaired) electrons. The molecular formula is C9H9ClN4OS. The van der Waals surface area contributed by atoms with Crippen LogP contribution in [-0.4, -0.2) is 16.2 Å². The van der Waals surface area contributed by atoms with Crippen molar-refractivity contribution in [2.45, 2.75) is 6.54 Å². The lowest BCUT2D eigenvalue weighted by molar-refractivity contribution is 0.252. The first-order valence-electron chi connectivity index (χ1n) is 4.52. The van der Waals surface area contributed by atoms with Gasteiger partial charge in [-0.1, -0.05) is 11.6 Å². The van der Waals surface area contributed by atoms with Gasteiger partial charge in [-0.25, -0.2) is 4.79 Å². The van der Waals surface area contributed by atoms with E-state index in [2.05, 4.69) is 20.8 Å². The van der Waals surface area contributed by atoms with Crippen molar-refractivity contribution in [3.8, 4) is 0 Å². The van der Waals surface area contributed by atoms with E-state index in [0.29, 0.717) is 16.6 Å². The van der Waals surface area contributed by atoms with Crippen molar-refractivity contribution in [3.63, 3.8) is 0 Å². The summed E-state index contributed by atoms with van der Waals surface area (Å²) in [6.07, 6.45) is 3.13. The molecule has 0 atom stereocenters. The molecule has 0 spiro atoms. The number of thiophene rings is 1. The number of halogens is 1. The summed E-state index contributed by atoms with van der Waals surface area (Å²) in [6, 6.07) is 3.41. The van der Waals surface area contributed by atoms with Gasteiger partial charge in [0, 0.05) is 11.1 Å². The average Bonchev–Trinajstić information content (AvgIpc) is 2.87. The first-order valence-corrected chi connectivity index (χ1v) is 5.71. The number of H-pyrrole nitrogens is 1. The zero-order valence-electron chi connectivity index (χ0n) is 8.16. The molecule has 0 aliphatic heterocycles. The fraction of sp³-hybridized carbons (Fsp3) is 0.111. The van der Waals surface area contributed by atoms with Gasteiger partial charge < -0.3 is 10.6 Å². The number of hydrogen-bond acceptors (Lipinski definition) is 3. The molecule has 7 heteroatoms. The molecule has 2 heterocycles. The van der Waals surface area contributed by atoms with Gasteiger partial charge in [-0.15, -0.1) is 11.3 Å². The van der Waals surface area contributed by atoms with E-state index >= 15 is 0 Å². The topological polar surface area (TPSA) is 69.8 Å². The van der Waals surface area contributed by atoms with Crippen LogP contribution in [0.2, 0.25) is 4.34 Å². The van der Waals surface area contributed by atoms with Crippen LogP contribution in [0.25, 0.3) is 0 Å². The molecule has 0 saturated heterocycles. The highest BCUT2D eigenvalue weighted by Gasteiger charge is 2.03. The molecule has 2 amide bonds. The van der Waals surface area contributed by atoms with Gasteiger partial charge in [-0.2, -0.15) is 5.10 Å². The van der Waals surface area contributed by atoms with Gasteiger partial charge >= 0.3 is 6.03 Å². The Morgan fingerprint density at radius 3 is 3.06 bits per heavy atom. The van der Waals surface area contributed by atoms with Gasteiger partial charge in [-0.05, 0) is 12.1 Å². The highest BCUT2D eigenvalue weighted by Crippen LogP contribution is 2.20. The summed E-state index contributed by atoms with van der Waals surface area (Å²) >= 11 is 7.21. The van der Waals surface area contributed by atoms with E-state index < -0.39 is 0 Å². The normalized spacial score (nSPS) is 10.1. The van der Waals surface area contributed by atoms with Crippen molar-refractivity contribution in [1.29, 1.82) is 0 Å². The van der Waals surface area contributed by atoms with E-state index in [0.717, 1.165) is 4.88 Å². The van der Waals surface area contributed by atoms with Crippen molar-refractivity contribution in [2.24, 2.45) is 0 Å². The van der Waals surface area contributed by atoms with E-state index in [1.807, 2.05) is 6.07 Å². The number of nitrogens with one attached hydrogen (secondary N) is 3. The molecule has 16 heavy (non-hydrogen) atoms. The number of carbonyl (C=O) groups is 1. The summed E-state index contributed by atoms with van der Waals surface area (Å²) in [5, 5.41) is 11.7. The Bertz CT molecular complexity index is 468. The fourth-order valence-corrected chi connectivity index (χ4v) is 2.14. The third-order valence-electron chi connectivity index (χ3n) is 1.81. The van der Waals surface area contributed by atoms with E-state index in [-0.39, 0.29) is 6.03 Å². The maximum Gasteiger partial charge on any atom is 0.319 e. The van der Waals surface area contributed by atoms with Crippen LogP contribution in [0, 0.1) is 0 Å². The summed E-state index contributed by atoms with van der Waals surface area (Å²) < 4.78 is 0.715. The van der Waals surface area contributed by atoms with E-state index in [4.69, 9.17) is 11.6 Å². The van der Waals surface area contributed by atoms with Gasteiger partial charge in [-0.3, -0.25) is 5.10 Å². The number of aromatic amines is 1. The number of amides is 2. The highest BCUT2D eigenvalue weighted by molar-refractivity contribution is 7.16. The molecule has 84 valence electrons. The van der Waals surface area contributed by atoms with Crippen LogP contribution in [0.15, 0.2) is 24.5 Å². The fourth-order valence-electron chi connectivity index (χ4n) is 1.11. The van der Waals surface area contributed by atoms with E-state index in [1.165, 1.54) is 17.5 Å². The van der Waals surface area contributed by atoms with Crippen molar-refractivity contribution >= 4 is 34.7 Å². The summed E-state index contributed by atoms with van der Waals surface area (Å²) in [5.74, 6) is 0. The molecule has 2 aromatic rings. The zero-order chi connectivity index (χ0) is 11.4. The van der Waals surface area contributed by atoms with Gasteiger partial charge in [0.05, 0.1) is 22.8 Å². The molecule has 2 aromatic heterocycles. The van der Waals surface area contributed by atoms with Crippen LogP contribution in [0.5, 0.6) is 0 Å². The minimum absolute atomic E-state index is 0.272. The molecule has 0 unspecified atom stereocenters. The van der Waals surface area contributed by atoms with Crippen molar-refractivity contribution in [1.82, 2.24) is 15.5 Å². The minimum Gasteiger partial charge on any atom is -0.333 e. The standard InChI is InChI=1S/C9H9ClN4OS/c10-8-2-1-7(16-8)5-11-9(15)14-6-3-12-13-4-6/h1-4H,5H2,(H,12,13)(H2,11,14,15). The summed E-state index contributed by atoms with van der Waals surface area (Å²) in [7, 11) is 0. The third-order valence-corrected chi connectivity index (χ3v) is 3.04. The highest BCUT2D eigenvalue weighted by atomic mass is 35.5. The quantitative estimate of drug-likeness (QED) is 0.789. The first-order chi connectivity index (χ1) is 7.74. The lowest BCUT2D eigenvalue weighted by atomic mass is 10.4. The maximum atomic E-state index is 11.4. The molecular weight excluding hydrogens is 248 g/mol. The van der Waals surface area contributed by atoms with Gasteiger partial charge in [0.15, 0.2) is 0 Å². The van der Waals surface area contributed by atoms with Crippen molar-refractivity contribution in [2.75, 3.05) is 5.32 Å². The van der Waals surface area contributed by atoms with E-state index in [1.54, 1.807) is 12.3 Å². The summed E-state index contributed by atoms with van der Waals surface area (Å²) in [5.41, 5.74) is 0.627. The lowest BCUT2D eigenvalue weighted by Gasteiger charge is -2.03. The average molecular weight is 257 g/mol. The summed E-state index contributed by atoms with van der Waals surface area (Å²) in [4.78, 5) is 12.4. The summed E-state index contributed by atoms with van der Waals surface area (Å²) in [6.45, 7) is 0.459. The number of carbonyl (C=O) groups excluding carboxylic acids is 1. The second kappa shape index (κ2) is 5.00. The molecule has 0 aliphatic rings. The number of aromatic nitrogens is 2. The Labute approximate surface area is 101 Å². The smallest absolute Gasteiger partial charge is 0.319 e. The third kappa shape index (κ3) is 2.98. The second-order valence-corrected chi connectivity index (χ2v) is 4.80. The number of anilines is 1. The van der Waals surface area contributed by atoms with Crippen LogP contribution >= 0.6 is 22.9 Å². The largest absolute Gasteiger partial charge is 0.333 e. The monoisotopic (exact) mass is 256 g/mol. The predicted molar refractivity (Wildman–Crippen MR) is 63.8 cm³/mol. The minimum atomic E-state index is -0.272. The van der Waals surface area contributed by atoms with Crippen LogP contribution in [-0.2, 0) is 6.54 Å². The van der Waals surface area contributed by atoms with Gasteiger partial charge in [0.1, 0.15) is 0 Å². The number of rotatable bonds is 3. The maximum absolute atomic E-state index is 11.4. The first kappa shape index (κ1) is 11.0. The molecule has 3 N–H and O–H groups in total. The Balaban J connectivity index is 1.80. The Morgan fingerprint density at radius 1 is 1.56 bits per heavy atom. The number of nitrogens with zero attached hydrogens (tertiary/aromatic N) is 1. The van der Waals surface area contributed by atoms with Crippen LogP contribution in [0.3, 0.4) is 0 Å². The number of hydrogen-bond donors (Lipinski definition) is 3. The molecule has 0 saturated carbocycles. The second-order valence-electron chi connectivity index (χ2n) is 3.00.